The van der Waals surface area contributed by atoms with Gasteiger partial charge in [-0.25, -0.2) is 0 Å². The third kappa shape index (κ3) is 2.08. The summed E-state index contributed by atoms with van der Waals surface area (Å²) in [5, 5.41) is 10.8. The Morgan fingerprint density at radius 3 is 2.64 bits per heavy atom. The first-order chi connectivity index (χ1) is 6.53. The maximum Gasteiger partial charge on any atom is 0.103 e. The Labute approximate surface area is 89.7 Å². The molecule has 78 valence electrons. The normalized spacial score (nSPS) is 15.2. The predicted molar refractivity (Wildman–Crippen MR) is 59.4 cm³/mol. The summed E-state index contributed by atoms with van der Waals surface area (Å²) in [6, 6.07) is 5.60. The Kier molecular flexibility index (Phi) is 3.53. The summed E-state index contributed by atoms with van der Waals surface area (Å²) in [6.07, 6.45) is 0.562. The Hall–Kier alpha value is -0.570. The summed E-state index contributed by atoms with van der Waals surface area (Å²) in [4.78, 5) is 0. The second-order valence-corrected chi connectivity index (χ2v) is 3.98. The van der Waals surface area contributed by atoms with Gasteiger partial charge in [0.15, 0.2) is 0 Å². The molecular formula is C11H16ClNO. The molecule has 14 heavy (non-hydrogen) atoms. The van der Waals surface area contributed by atoms with Gasteiger partial charge in [-0.1, -0.05) is 36.2 Å². The number of aryl methyl sites for hydroxylation is 1. The zero-order chi connectivity index (χ0) is 10.8. The number of nitrogens with two attached hydrogens (primary N) is 1. The fourth-order valence-corrected chi connectivity index (χ4v) is 1.73. The molecule has 1 rings (SSSR count). The van der Waals surface area contributed by atoms with E-state index in [4.69, 9.17) is 17.3 Å². The summed E-state index contributed by atoms with van der Waals surface area (Å²) >= 11 is 6.02. The van der Waals surface area contributed by atoms with E-state index in [1.165, 1.54) is 0 Å². The van der Waals surface area contributed by atoms with Crippen LogP contribution < -0.4 is 5.73 Å². The lowest BCUT2D eigenvalue weighted by molar-refractivity contribution is 0.0419. The molecule has 0 spiro atoms. The molecule has 0 saturated carbocycles. The van der Waals surface area contributed by atoms with E-state index in [1.54, 1.807) is 6.07 Å². The first-order valence-electron chi connectivity index (χ1n) is 4.72. The second kappa shape index (κ2) is 4.30. The second-order valence-electron chi connectivity index (χ2n) is 3.57. The van der Waals surface area contributed by atoms with Gasteiger partial charge in [-0.3, -0.25) is 0 Å². The van der Waals surface area contributed by atoms with Crippen molar-refractivity contribution in [1.82, 2.24) is 0 Å². The summed E-state index contributed by atoms with van der Waals surface area (Å²) < 4.78 is 0. The number of aliphatic hydroxyl groups is 1. The molecule has 1 atom stereocenters. The van der Waals surface area contributed by atoms with Gasteiger partial charge in [-0.05, 0) is 19.4 Å². The first kappa shape index (κ1) is 11.5. The van der Waals surface area contributed by atoms with Crippen LogP contribution in [0, 0.1) is 6.92 Å². The van der Waals surface area contributed by atoms with Crippen LogP contribution in [-0.2, 0) is 5.60 Å². The van der Waals surface area contributed by atoms with E-state index in [2.05, 4.69) is 0 Å². The topological polar surface area (TPSA) is 46.2 Å². The average Bonchev–Trinajstić information content (AvgIpc) is 2.20. The van der Waals surface area contributed by atoms with Gasteiger partial charge in [0.25, 0.3) is 0 Å². The van der Waals surface area contributed by atoms with Crippen molar-refractivity contribution in [3.05, 3.63) is 34.3 Å². The first-order valence-corrected chi connectivity index (χ1v) is 5.10. The number of hydrogen-bond donors (Lipinski definition) is 2. The molecule has 1 aromatic carbocycles. The Morgan fingerprint density at radius 2 is 2.14 bits per heavy atom. The molecule has 3 N–H and O–H groups in total. The Bertz CT molecular complexity index is 321. The minimum atomic E-state index is -0.997. The zero-order valence-electron chi connectivity index (χ0n) is 8.55. The highest BCUT2D eigenvalue weighted by atomic mass is 35.5. The standard InChI is InChI=1S/C11H16ClNO/c1-3-11(14,7-13)9-6-8(2)4-5-10(9)12/h4-6,14H,3,7,13H2,1-2H3. The molecule has 2 nitrogen and oxygen atoms in total. The molecule has 3 heteroatoms. The van der Waals surface area contributed by atoms with Crippen molar-refractivity contribution in [2.45, 2.75) is 25.9 Å². The van der Waals surface area contributed by atoms with E-state index in [9.17, 15) is 5.11 Å². The summed E-state index contributed by atoms with van der Waals surface area (Å²) in [5.74, 6) is 0. The van der Waals surface area contributed by atoms with Crippen LogP contribution in [0.25, 0.3) is 0 Å². The van der Waals surface area contributed by atoms with E-state index in [0.29, 0.717) is 11.4 Å². The van der Waals surface area contributed by atoms with E-state index in [-0.39, 0.29) is 6.54 Å². The molecule has 0 aliphatic carbocycles. The largest absolute Gasteiger partial charge is 0.384 e. The fraction of sp³-hybridized carbons (Fsp3) is 0.455. The Morgan fingerprint density at radius 1 is 1.50 bits per heavy atom. The highest BCUT2D eigenvalue weighted by molar-refractivity contribution is 6.31. The molecule has 0 aliphatic heterocycles. The molecule has 0 heterocycles. The van der Waals surface area contributed by atoms with Crippen molar-refractivity contribution in [2.75, 3.05) is 6.54 Å². The molecule has 0 bridgehead atoms. The molecule has 0 aromatic heterocycles. The van der Waals surface area contributed by atoms with Crippen LogP contribution in [0.4, 0.5) is 0 Å². The van der Waals surface area contributed by atoms with Crippen molar-refractivity contribution in [3.8, 4) is 0 Å². The number of benzene rings is 1. The molecule has 0 aliphatic rings. The molecule has 0 radical (unpaired) electrons. The van der Waals surface area contributed by atoms with Gasteiger partial charge in [0.05, 0.1) is 0 Å². The average molecular weight is 214 g/mol. The van der Waals surface area contributed by atoms with Crippen molar-refractivity contribution in [3.63, 3.8) is 0 Å². The van der Waals surface area contributed by atoms with Gasteiger partial charge in [-0.2, -0.15) is 0 Å². The fourth-order valence-electron chi connectivity index (χ4n) is 1.44. The van der Waals surface area contributed by atoms with Crippen LogP contribution in [0.5, 0.6) is 0 Å². The number of rotatable bonds is 3. The van der Waals surface area contributed by atoms with Crippen LogP contribution in [0.3, 0.4) is 0 Å². The van der Waals surface area contributed by atoms with Crippen molar-refractivity contribution >= 4 is 11.6 Å². The molecule has 1 unspecified atom stereocenters. The lowest BCUT2D eigenvalue weighted by Crippen LogP contribution is -2.34. The van der Waals surface area contributed by atoms with E-state index < -0.39 is 5.60 Å². The van der Waals surface area contributed by atoms with Gasteiger partial charge in [0.2, 0.25) is 0 Å². The van der Waals surface area contributed by atoms with Gasteiger partial charge in [0.1, 0.15) is 5.60 Å². The zero-order valence-corrected chi connectivity index (χ0v) is 9.30. The highest BCUT2D eigenvalue weighted by Crippen LogP contribution is 2.30. The molecule has 1 aromatic rings. The predicted octanol–water partition coefficient (Wildman–Crippen LogP) is 2.20. The summed E-state index contributed by atoms with van der Waals surface area (Å²) in [5.41, 5.74) is 6.36. The molecule has 0 amide bonds. The maximum absolute atomic E-state index is 10.2. The van der Waals surface area contributed by atoms with E-state index in [0.717, 1.165) is 11.1 Å². The lowest BCUT2D eigenvalue weighted by atomic mass is 9.90. The van der Waals surface area contributed by atoms with Crippen molar-refractivity contribution in [2.24, 2.45) is 5.73 Å². The smallest absolute Gasteiger partial charge is 0.103 e. The van der Waals surface area contributed by atoms with Gasteiger partial charge >= 0.3 is 0 Å². The lowest BCUT2D eigenvalue weighted by Gasteiger charge is -2.26. The van der Waals surface area contributed by atoms with Gasteiger partial charge < -0.3 is 10.8 Å². The van der Waals surface area contributed by atoms with Crippen LogP contribution in [0.1, 0.15) is 24.5 Å². The van der Waals surface area contributed by atoms with Crippen LogP contribution >= 0.6 is 11.6 Å². The van der Waals surface area contributed by atoms with Gasteiger partial charge in [-0.15, -0.1) is 0 Å². The molecular weight excluding hydrogens is 198 g/mol. The van der Waals surface area contributed by atoms with E-state index in [1.807, 2.05) is 26.0 Å². The SMILES string of the molecule is CCC(O)(CN)c1cc(C)ccc1Cl. The monoisotopic (exact) mass is 213 g/mol. The number of halogens is 1. The molecule has 0 saturated heterocycles. The van der Waals surface area contributed by atoms with Crippen LogP contribution in [0.2, 0.25) is 5.02 Å². The highest BCUT2D eigenvalue weighted by Gasteiger charge is 2.27. The third-order valence-electron chi connectivity index (χ3n) is 2.55. The third-order valence-corrected chi connectivity index (χ3v) is 2.88. The summed E-state index contributed by atoms with van der Waals surface area (Å²) in [7, 11) is 0. The quantitative estimate of drug-likeness (QED) is 0.809. The minimum Gasteiger partial charge on any atom is -0.384 e. The summed E-state index contributed by atoms with van der Waals surface area (Å²) in [6.45, 7) is 4.05. The van der Waals surface area contributed by atoms with Crippen LogP contribution in [-0.4, -0.2) is 11.7 Å². The van der Waals surface area contributed by atoms with Crippen molar-refractivity contribution in [1.29, 1.82) is 0 Å². The van der Waals surface area contributed by atoms with Gasteiger partial charge in [0, 0.05) is 17.1 Å². The van der Waals surface area contributed by atoms with Crippen LogP contribution in [0.15, 0.2) is 18.2 Å². The van der Waals surface area contributed by atoms with Crippen molar-refractivity contribution < 1.29 is 5.11 Å². The maximum atomic E-state index is 10.2. The molecule has 0 fully saturated rings. The van der Waals surface area contributed by atoms with E-state index >= 15 is 0 Å². The number of hydrogen-bond acceptors (Lipinski definition) is 2. The minimum absolute atomic E-state index is 0.187. The Balaban J connectivity index is 3.22.